The van der Waals surface area contributed by atoms with Crippen LogP contribution in [0.15, 0.2) is 30.3 Å². The number of carbonyl (C=O) groups is 1. The Morgan fingerprint density at radius 1 is 1.17 bits per heavy atom. The SMILES string of the molecule is COCC1(C(=O)NCC2(c3ccccc3)CC2)CCNCC1.Cl. The van der Waals surface area contributed by atoms with Gasteiger partial charge < -0.3 is 15.4 Å². The Kier molecular flexibility index (Phi) is 6.06. The molecular weight excluding hydrogens is 312 g/mol. The molecule has 1 aromatic carbocycles. The molecule has 3 rings (SSSR count). The predicted octanol–water partition coefficient (Wildman–Crippen LogP) is 2.27. The summed E-state index contributed by atoms with van der Waals surface area (Å²) in [7, 11) is 1.68. The molecule has 0 bridgehead atoms. The van der Waals surface area contributed by atoms with Crippen molar-refractivity contribution in [2.75, 3.05) is 33.4 Å². The van der Waals surface area contributed by atoms with E-state index in [2.05, 4.69) is 34.9 Å². The van der Waals surface area contributed by atoms with Crippen molar-refractivity contribution in [3.8, 4) is 0 Å². The Hall–Kier alpha value is -1.10. The van der Waals surface area contributed by atoms with Gasteiger partial charge in [-0.15, -0.1) is 12.4 Å². The molecule has 1 aromatic rings. The van der Waals surface area contributed by atoms with Crippen LogP contribution in [0.3, 0.4) is 0 Å². The van der Waals surface area contributed by atoms with Gasteiger partial charge in [0.25, 0.3) is 0 Å². The highest BCUT2D eigenvalue weighted by Crippen LogP contribution is 2.47. The fourth-order valence-corrected chi connectivity index (χ4v) is 3.57. The Labute approximate surface area is 144 Å². The number of benzene rings is 1. The van der Waals surface area contributed by atoms with Crippen molar-refractivity contribution in [2.24, 2.45) is 5.41 Å². The maximum absolute atomic E-state index is 12.8. The summed E-state index contributed by atoms with van der Waals surface area (Å²) in [6, 6.07) is 10.6. The standard InChI is InChI=1S/C18H26N2O2.ClH/c1-22-14-18(9-11-19-12-10-18)16(21)20-13-17(7-8-17)15-5-3-2-4-6-15;/h2-6,19H,7-14H2,1H3,(H,20,21);1H. The zero-order valence-electron chi connectivity index (χ0n) is 13.8. The topological polar surface area (TPSA) is 50.4 Å². The van der Waals surface area contributed by atoms with Gasteiger partial charge >= 0.3 is 0 Å². The molecule has 1 aliphatic heterocycles. The minimum atomic E-state index is -0.354. The number of rotatable bonds is 6. The number of hydrogen-bond donors (Lipinski definition) is 2. The van der Waals surface area contributed by atoms with Crippen LogP contribution in [0.2, 0.25) is 0 Å². The van der Waals surface area contributed by atoms with Gasteiger partial charge in [-0.25, -0.2) is 0 Å². The zero-order chi connectivity index (χ0) is 15.5. The van der Waals surface area contributed by atoms with Crippen molar-refractivity contribution >= 4 is 18.3 Å². The second-order valence-corrected chi connectivity index (χ2v) is 6.79. The molecule has 2 fully saturated rings. The first-order valence-corrected chi connectivity index (χ1v) is 8.24. The molecule has 1 heterocycles. The molecule has 1 aliphatic carbocycles. The van der Waals surface area contributed by atoms with Gasteiger partial charge in [-0.2, -0.15) is 0 Å². The highest BCUT2D eigenvalue weighted by molar-refractivity contribution is 5.85. The lowest BCUT2D eigenvalue weighted by Crippen LogP contribution is -2.51. The lowest BCUT2D eigenvalue weighted by Gasteiger charge is -2.36. The minimum Gasteiger partial charge on any atom is -0.384 e. The molecule has 5 heteroatoms. The van der Waals surface area contributed by atoms with Crippen molar-refractivity contribution < 1.29 is 9.53 Å². The quantitative estimate of drug-likeness (QED) is 0.836. The molecule has 0 spiro atoms. The molecular formula is C18H27ClN2O2. The summed E-state index contributed by atoms with van der Waals surface area (Å²) < 4.78 is 5.35. The highest BCUT2D eigenvalue weighted by Gasteiger charge is 2.46. The van der Waals surface area contributed by atoms with E-state index >= 15 is 0 Å². The minimum absolute atomic E-state index is 0. The van der Waals surface area contributed by atoms with E-state index in [1.807, 2.05) is 6.07 Å². The molecule has 0 unspecified atom stereocenters. The first kappa shape index (κ1) is 18.2. The van der Waals surface area contributed by atoms with Crippen LogP contribution >= 0.6 is 12.4 Å². The maximum atomic E-state index is 12.8. The van der Waals surface area contributed by atoms with Gasteiger partial charge in [0.05, 0.1) is 12.0 Å². The maximum Gasteiger partial charge on any atom is 0.228 e. The van der Waals surface area contributed by atoms with Crippen LogP contribution in [-0.4, -0.2) is 39.3 Å². The van der Waals surface area contributed by atoms with Crippen LogP contribution in [0, 0.1) is 5.41 Å². The summed E-state index contributed by atoms with van der Waals surface area (Å²) in [6.45, 7) is 3.04. The molecule has 0 aromatic heterocycles. The Balaban J connectivity index is 0.00000192. The Morgan fingerprint density at radius 2 is 1.83 bits per heavy atom. The zero-order valence-corrected chi connectivity index (χ0v) is 14.6. The van der Waals surface area contributed by atoms with Gasteiger partial charge in [-0.05, 0) is 44.3 Å². The van der Waals surface area contributed by atoms with Gasteiger partial charge in [0.15, 0.2) is 0 Å². The summed E-state index contributed by atoms with van der Waals surface area (Å²) in [5.41, 5.74) is 1.16. The molecule has 2 aliphatic rings. The number of piperidine rings is 1. The van der Waals surface area contributed by atoms with Gasteiger partial charge in [-0.1, -0.05) is 30.3 Å². The van der Waals surface area contributed by atoms with Gasteiger partial charge in [0.1, 0.15) is 0 Å². The van der Waals surface area contributed by atoms with Gasteiger partial charge in [-0.3, -0.25) is 4.79 Å². The van der Waals surface area contributed by atoms with E-state index in [-0.39, 0.29) is 29.1 Å². The molecule has 1 amide bonds. The lowest BCUT2D eigenvalue weighted by atomic mass is 9.78. The van der Waals surface area contributed by atoms with Crippen LogP contribution < -0.4 is 10.6 Å². The largest absolute Gasteiger partial charge is 0.384 e. The second kappa shape index (κ2) is 7.65. The molecule has 1 saturated carbocycles. The number of hydrogen-bond acceptors (Lipinski definition) is 3. The normalized spacial score (nSPS) is 21.1. The van der Waals surface area contributed by atoms with Crippen LogP contribution in [-0.2, 0) is 14.9 Å². The van der Waals surface area contributed by atoms with E-state index in [4.69, 9.17) is 4.74 Å². The fourth-order valence-electron chi connectivity index (χ4n) is 3.57. The molecule has 1 saturated heterocycles. The van der Waals surface area contributed by atoms with Crippen molar-refractivity contribution in [3.05, 3.63) is 35.9 Å². The first-order chi connectivity index (χ1) is 10.7. The smallest absolute Gasteiger partial charge is 0.228 e. The summed E-state index contributed by atoms with van der Waals surface area (Å²) >= 11 is 0. The van der Waals surface area contributed by atoms with E-state index in [9.17, 15) is 4.79 Å². The van der Waals surface area contributed by atoms with Crippen LogP contribution in [0.5, 0.6) is 0 Å². The second-order valence-electron chi connectivity index (χ2n) is 6.79. The van der Waals surface area contributed by atoms with E-state index in [0.29, 0.717) is 6.61 Å². The summed E-state index contributed by atoms with van der Waals surface area (Å²) in [5.74, 6) is 0.165. The predicted molar refractivity (Wildman–Crippen MR) is 94.0 cm³/mol. The molecule has 128 valence electrons. The van der Waals surface area contributed by atoms with E-state index < -0.39 is 0 Å². The number of amides is 1. The van der Waals surface area contributed by atoms with Crippen molar-refractivity contribution in [3.63, 3.8) is 0 Å². The average Bonchev–Trinajstić information content (AvgIpc) is 3.36. The third-order valence-corrected chi connectivity index (χ3v) is 5.29. The van der Waals surface area contributed by atoms with Crippen molar-refractivity contribution in [1.82, 2.24) is 10.6 Å². The molecule has 23 heavy (non-hydrogen) atoms. The summed E-state index contributed by atoms with van der Waals surface area (Å²) in [6.07, 6.45) is 4.03. The summed E-state index contributed by atoms with van der Waals surface area (Å²) in [5, 5.41) is 6.56. The van der Waals surface area contributed by atoms with Crippen LogP contribution in [0.1, 0.15) is 31.2 Å². The monoisotopic (exact) mass is 338 g/mol. The molecule has 0 radical (unpaired) electrons. The third-order valence-electron chi connectivity index (χ3n) is 5.29. The lowest BCUT2D eigenvalue weighted by molar-refractivity contribution is -0.136. The fraction of sp³-hybridized carbons (Fsp3) is 0.611. The van der Waals surface area contributed by atoms with Crippen LogP contribution in [0.4, 0.5) is 0 Å². The van der Waals surface area contributed by atoms with E-state index in [1.54, 1.807) is 7.11 Å². The first-order valence-electron chi connectivity index (χ1n) is 8.24. The van der Waals surface area contributed by atoms with Crippen molar-refractivity contribution in [1.29, 1.82) is 0 Å². The number of methoxy groups -OCH3 is 1. The number of nitrogens with one attached hydrogen (secondary N) is 2. The number of halogens is 1. The Morgan fingerprint density at radius 3 is 2.39 bits per heavy atom. The summed E-state index contributed by atoms with van der Waals surface area (Å²) in [4.78, 5) is 12.8. The van der Waals surface area contributed by atoms with E-state index in [1.165, 1.54) is 5.56 Å². The Bertz CT molecular complexity index is 506. The van der Waals surface area contributed by atoms with Crippen molar-refractivity contribution in [2.45, 2.75) is 31.1 Å². The molecule has 2 N–H and O–H groups in total. The third kappa shape index (κ3) is 3.87. The number of carbonyl (C=O) groups excluding carboxylic acids is 1. The van der Waals surface area contributed by atoms with Gasteiger partial charge in [0, 0.05) is 19.1 Å². The van der Waals surface area contributed by atoms with Gasteiger partial charge in [0.2, 0.25) is 5.91 Å². The molecule has 4 nitrogen and oxygen atoms in total. The highest BCUT2D eigenvalue weighted by atomic mass is 35.5. The number of ether oxygens (including phenoxy) is 1. The van der Waals surface area contributed by atoms with Crippen LogP contribution in [0.25, 0.3) is 0 Å². The molecule has 0 atom stereocenters. The van der Waals surface area contributed by atoms with E-state index in [0.717, 1.165) is 45.3 Å². The average molecular weight is 339 g/mol.